The van der Waals surface area contributed by atoms with Crippen LogP contribution in [0.25, 0.3) is 21.8 Å². The Labute approximate surface area is 123 Å². The fourth-order valence-electron chi connectivity index (χ4n) is 3.80. The lowest BCUT2D eigenvalue weighted by Crippen LogP contribution is -2.26. The molecule has 0 unspecified atom stereocenters. The van der Waals surface area contributed by atoms with Gasteiger partial charge in [0, 0.05) is 28.5 Å². The van der Waals surface area contributed by atoms with E-state index in [0.717, 1.165) is 34.6 Å². The second-order valence-electron chi connectivity index (χ2n) is 6.24. The third kappa shape index (κ3) is 1.91. The quantitative estimate of drug-likeness (QED) is 0.709. The van der Waals surface area contributed by atoms with Crippen LogP contribution in [0.3, 0.4) is 0 Å². The van der Waals surface area contributed by atoms with E-state index in [9.17, 15) is 4.79 Å². The second kappa shape index (κ2) is 4.76. The van der Waals surface area contributed by atoms with E-state index in [1.165, 1.54) is 24.8 Å². The maximum atomic E-state index is 12.9. The molecule has 4 rings (SSSR count). The zero-order valence-corrected chi connectivity index (χ0v) is 12.4. The second-order valence-corrected chi connectivity index (χ2v) is 6.24. The van der Waals surface area contributed by atoms with Crippen LogP contribution in [0.5, 0.6) is 0 Å². The van der Waals surface area contributed by atoms with Crippen LogP contribution in [0.2, 0.25) is 0 Å². The normalized spacial score (nSPS) is 16.8. The van der Waals surface area contributed by atoms with Gasteiger partial charge in [-0.2, -0.15) is 0 Å². The molecule has 1 fully saturated rings. The molecule has 21 heavy (non-hydrogen) atoms. The number of H-pyrrole nitrogens is 1. The van der Waals surface area contributed by atoms with Crippen molar-refractivity contribution in [1.29, 1.82) is 0 Å². The standard InChI is InChI=1S/C18H20N2O/c1-12-11-20(13-7-3-2-4-8-13)18(21)17-16(12)14-9-5-6-10-15(14)19-17/h5-6,9-11,13,19H,2-4,7-8H2,1H3. The molecule has 1 aliphatic rings. The van der Waals surface area contributed by atoms with Crippen molar-refractivity contribution in [3.8, 4) is 0 Å². The van der Waals surface area contributed by atoms with Crippen LogP contribution < -0.4 is 5.56 Å². The molecule has 0 amide bonds. The van der Waals surface area contributed by atoms with Crippen LogP contribution in [0, 0.1) is 6.92 Å². The fraction of sp³-hybridized carbons (Fsp3) is 0.389. The smallest absolute Gasteiger partial charge is 0.275 e. The van der Waals surface area contributed by atoms with Crippen LogP contribution in [0.4, 0.5) is 0 Å². The van der Waals surface area contributed by atoms with E-state index in [0.29, 0.717) is 6.04 Å². The molecule has 0 aliphatic heterocycles. The topological polar surface area (TPSA) is 37.8 Å². The number of aryl methyl sites for hydroxylation is 1. The van der Waals surface area contributed by atoms with E-state index < -0.39 is 0 Å². The SMILES string of the molecule is Cc1cn(C2CCCCC2)c(=O)c2[nH]c3ccccc3c12. The summed E-state index contributed by atoms with van der Waals surface area (Å²) in [6, 6.07) is 8.54. The first-order chi connectivity index (χ1) is 10.3. The zero-order valence-electron chi connectivity index (χ0n) is 12.4. The average molecular weight is 280 g/mol. The lowest BCUT2D eigenvalue weighted by atomic mass is 9.95. The van der Waals surface area contributed by atoms with E-state index in [1.54, 1.807) is 0 Å². The molecule has 2 heterocycles. The first-order valence-electron chi connectivity index (χ1n) is 7.88. The van der Waals surface area contributed by atoms with Crippen molar-refractivity contribution in [2.75, 3.05) is 0 Å². The Bertz CT molecular complexity index is 866. The van der Waals surface area contributed by atoms with Crippen LogP contribution in [0.1, 0.15) is 43.7 Å². The molecule has 1 N–H and O–H groups in total. The number of nitrogens with zero attached hydrogens (tertiary/aromatic N) is 1. The Balaban J connectivity index is 2.01. The van der Waals surface area contributed by atoms with Gasteiger partial charge in [0.15, 0.2) is 0 Å². The molecule has 3 aromatic rings. The number of hydrogen-bond acceptors (Lipinski definition) is 1. The molecular weight excluding hydrogens is 260 g/mol. The van der Waals surface area contributed by atoms with Gasteiger partial charge in [0.25, 0.3) is 5.56 Å². The highest BCUT2D eigenvalue weighted by Crippen LogP contribution is 2.30. The number of pyridine rings is 1. The van der Waals surface area contributed by atoms with Crippen molar-refractivity contribution in [3.63, 3.8) is 0 Å². The Kier molecular flexibility index (Phi) is 2.88. The van der Waals surface area contributed by atoms with Crippen LogP contribution >= 0.6 is 0 Å². The number of nitrogens with one attached hydrogen (secondary N) is 1. The molecule has 1 aliphatic carbocycles. The number of fused-ring (bicyclic) bond motifs is 3. The van der Waals surface area contributed by atoms with E-state index in [1.807, 2.05) is 22.8 Å². The molecule has 108 valence electrons. The summed E-state index contributed by atoms with van der Waals surface area (Å²) in [6.07, 6.45) is 8.11. The Morgan fingerprint density at radius 3 is 2.71 bits per heavy atom. The van der Waals surface area contributed by atoms with E-state index in [-0.39, 0.29) is 5.56 Å². The molecule has 0 radical (unpaired) electrons. The summed E-state index contributed by atoms with van der Waals surface area (Å²) in [5.41, 5.74) is 3.14. The van der Waals surface area contributed by atoms with Crippen molar-refractivity contribution in [1.82, 2.24) is 9.55 Å². The highest BCUT2D eigenvalue weighted by Gasteiger charge is 2.19. The van der Waals surface area contributed by atoms with Gasteiger partial charge in [-0.3, -0.25) is 4.79 Å². The largest absolute Gasteiger partial charge is 0.350 e. The van der Waals surface area contributed by atoms with Gasteiger partial charge in [-0.05, 0) is 31.4 Å². The van der Waals surface area contributed by atoms with Crippen molar-refractivity contribution >= 4 is 21.8 Å². The van der Waals surface area contributed by atoms with Gasteiger partial charge in [0.05, 0.1) is 0 Å². The summed E-state index contributed by atoms with van der Waals surface area (Å²) < 4.78 is 1.98. The molecule has 1 aromatic carbocycles. The summed E-state index contributed by atoms with van der Waals surface area (Å²) in [4.78, 5) is 16.2. The number of aromatic nitrogens is 2. The highest BCUT2D eigenvalue weighted by molar-refractivity contribution is 6.08. The van der Waals surface area contributed by atoms with Crippen molar-refractivity contribution < 1.29 is 0 Å². The third-order valence-corrected chi connectivity index (χ3v) is 4.85. The number of benzene rings is 1. The molecule has 0 spiro atoms. The number of hydrogen-bond donors (Lipinski definition) is 1. The molecule has 3 nitrogen and oxygen atoms in total. The molecule has 2 aromatic heterocycles. The Morgan fingerprint density at radius 2 is 1.90 bits per heavy atom. The third-order valence-electron chi connectivity index (χ3n) is 4.85. The minimum absolute atomic E-state index is 0.138. The number of rotatable bonds is 1. The molecule has 0 saturated heterocycles. The molecule has 0 bridgehead atoms. The molecular formula is C18H20N2O. The van der Waals surface area contributed by atoms with Crippen molar-refractivity contribution in [2.24, 2.45) is 0 Å². The van der Waals surface area contributed by atoms with E-state index >= 15 is 0 Å². The lowest BCUT2D eigenvalue weighted by molar-refractivity contribution is 0.347. The Morgan fingerprint density at radius 1 is 1.14 bits per heavy atom. The monoisotopic (exact) mass is 280 g/mol. The highest BCUT2D eigenvalue weighted by atomic mass is 16.1. The van der Waals surface area contributed by atoms with Gasteiger partial charge >= 0.3 is 0 Å². The summed E-state index contributed by atoms with van der Waals surface area (Å²) in [5, 5.41) is 2.24. The summed E-state index contributed by atoms with van der Waals surface area (Å²) in [6.45, 7) is 2.11. The summed E-state index contributed by atoms with van der Waals surface area (Å²) >= 11 is 0. The number of aromatic amines is 1. The van der Waals surface area contributed by atoms with E-state index in [2.05, 4.69) is 24.2 Å². The average Bonchev–Trinajstić information content (AvgIpc) is 2.92. The number of para-hydroxylation sites is 1. The van der Waals surface area contributed by atoms with Crippen LogP contribution in [-0.4, -0.2) is 9.55 Å². The van der Waals surface area contributed by atoms with Crippen molar-refractivity contribution in [3.05, 3.63) is 46.4 Å². The van der Waals surface area contributed by atoms with Gasteiger partial charge in [-0.25, -0.2) is 0 Å². The summed E-state index contributed by atoms with van der Waals surface area (Å²) in [5.74, 6) is 0. The molecule has 3 heteroatoms. The molecule has 1 saturated carbocycles. The first kappa shape index (κ1) is 12.7. The van der Waals surface area contributed by atoms with Gasteiger partial charge in [0.2, 0.25) is 0 Å². The van der Waals surface area contributed by atoms with Crippen LogP contribution in [-0.2, 0) is 0 Å². The first-order valence-corrected chi connectivity index (χ1v) is 7.88. The van der Waals surface area contributed by atoms with Crippen molar-refractivity contribution in [2.45, 2.75) is 45.1 Å². The van der Waals surface area contributed by atoms with Gasteiger partial charge in [0.1, 0.15) is 5.52 Å². The maximum Gasteiger partial charge on any atom is 0.275 e. The summed E-state index contributed by atoms with van der Waals surface area (Å²) in [7, 11) is 0. The van der Waals surface area contributed by atoms with Gasteiger partial charge in [-0.1, -0.05) is 37.5 Å². The zero-order chi connectivity index (χ0) is 14.4. The fourth-order valence-corrected chi connectivity index (χ4v) is 3.80. The van der Waals surface area contributed by atoms with Gasteiger partial charge < -0.3 is 9.55 Å². The minimum atomic E-state index is 0.138. The van der Waals surface area contributed by atoms with Gasteiger partial charge in [-0.15, -0.1) is 0 Å². The lowest BCUT2D eigenvalue weighted by Gasteiger charge is -2.24. The predicted molar refractivity (Wildman–Crippen MR) is 86.9 cm³/mol. The maximum absolute atomic E-state index is 12.9. The minimum Gasteiger partial charge on any atom is -0.350 e. The Hall–Kier alpha value is -2.03. The van der Waals surface area contributed by atoms with Crippen LogP contribution in [0.15, 0.2) is 35.3 Å². The van der Waals surface area contributed by atoms with E-state index in [4.69, 9.17) is 0 Å². The molecule has 0 atom stereocenters. The predicted octanol–water partition coefficient (Wildman–Crippen LogP) is 4.30.